The lowest BCUT2D eigenvalue weighted by Gasteiger charge is -2.06. The summed E-state index contributed by atoms with van der Waals surface area (Å²) in [7, 11) is 0. The van der Waals surface area contributed by atoms with Crippen molar-refractivity contribution in [2.24, 2.45) is 0 Å². The van der Waals surface area contributed by atoms with E-state index in [-0.39, 0.29) is 5.69 Å². The summed E-state index contributed by atoms with van der Waals surface area (Å²) >= 11 is 0. The smallest absolute Gasteiger partial charge is 0.357 e. The summed E-state index contributed by atoms with van der Waals surface area (Å²) in [5, 5.41) is 4.34. The molecule has 0 saturated heterocycles. The van der Waals surface area contributed by atoms with Crippen molar-refractivity contribution in [3.63, 3.8) is 0 Å². The highest BCUT2D eigenvalue weighted by Crippen LogP contribution is 2.20. The number of aromatic nitrogens is 4. The third-order valence-corrected chi connectivity index (χ3v) is 4.54. The molecular formula is C20H22N5O2+. The zero-order valence-electron chi connectivity index (χ0n) is 15.9. The van der Waals surface area contributed by atoms with E-state index in [4.69, 9.17) is 9.72 Å². The molecule has 0 aliphatic heterocycles. The van der Waals surface area contributed by atoms with Crippen molar-refractivity contribution in [3.05, 3.63) is 47.4 Å². The maximum atomic E-state index is 12.2. The van der Waals surface area contributed by atoms with E-state index in [1.165, 1.54) is 5.56 Å². The van der Waals surface area contributed by atoms with Gasteiger partial charge in [0.05, 0.1) is 12.0 Å². The summed E-state index contributed by atoms with van der Waals surface area (Å²) in [5.41, 5.74) is 5.08. The number of nitrogens with zero attached hydrogens (tertiary/aromatic N) is 4. The number of pyridine rings is 2. The minimum Gasteiger partial charge on any atom is -0.461 e. The highest BCUT2D eigenvalue weighted by atomic mass is 16.5. The lowest BCUT2D eigenvalue weighted by Crippen LogP contribution is -2.22. The summed E-state index contributed by atoms with van der Waals surface area (Å²) in [6.07, 6.45) is 1.98. The van der Waals surface area contributed by atoms with Crippen LogP contribution < -0.4 is 9.72 Å². The fraction of sp³-hybridized carbons (Fsp3) is 0.300. The lowest BCUT2D eigenvalue weighted by molar-refractivity contribution is -0.481. The van der Waals surface area contributed by atoms with Gasteiger partial charge in [0, 0.05) is 18.7 Å². The van der Waals surface area contributed by atoms with Crippen molar-refractivity contribution in [2.45, 2.75) is 27.7 Å². The number of hydrogen-bond donors (Lipinski definition) is 1. The number of aryl methyl sites for hydroxylation is 2. The standard InChI is InChI=1S/C20H22N5O2/c1-5-21-20-23-16(19(26)27-6-2)10-14-11-24-17(25(14)20)8-7-15-12(3)9-13(4)22-18(15)24/h7-11H,5-6H2,1-4H3,(H,21,23)/q+1. The van der Waals surface area contributed by atoms with Crippen LogP contribution in [-0.2, 0) is 4.74 Å². The van der Waals surface area contributed by atoms with E-state index in [0.717, 1.165) is 27.9 Å². The lowest BCUT2D eigenvalue weighted by atomic mass is 10.1. The first-order valence-electron chi connectivity index (χ1n) is 9.09. The van der Waals surface area contributed by atoms with Crippen molar-refractivity contribution in [3.8, 4) is 0 Å². The average molecular weight is 364 g/mol. The quantitative estimate of drug-likeness (QED) is 0.445. The number of carbonyl (C=O) groups is 1. The zero-order valence-corrected chi connectivity index (χ0v) is 15.9. The Morgan fingerprint density at radius 3 is 2.78 bits per heavy atom. The van der Waals surface area contributed by atoms with E-state index in [0.29, 0.717) is 19.1 Å². The monoisotopic (exact) mass is 364 g/mol. The van der Waals surface area contributed by atoms with Gasteiger partial charge in [-0.1, -0.05) is 0 Å². The summed E-state index contributed by atoms with van der Waals surface area (Å²) < 4.78 is 9.16. The average Bonchev–Trinajstić information content (AvgIpc) is 3.01. The molecule has 0 aromatic carbocycles. The number of anilines is 1. The minimum atomic E-state index is -0.427. The first-order chi connectivity index (χ1) is 13.0. The first kappa shape index (κ1) is 17.2. The summed E-state index contributed by atoms with van der Waals surface area (Å²) in [6.45, 7) is 8.85. The fourth-order valence-electron chi connectivity index (χ4n) is 3.45. The number of carbonyl (C=O) groups excluding carboxylic acids is 1. The van der Waals surface area contributed by atoms with Crippen molar-refractivity contribution >= 4 is 34.1 Å². The number of rotatable bonds is 4. The Kier molecular flexibility index (Phi) is 4.14. The Hall–Kier alpha value is -3.22. The molecular weight excluding hydrogens is 342 g/mol. The van der Waals surface area contributed by atoms with E-state index in [9.17, 15) is 4.79 Å². The second-order valence-electron chi connectivity index (χ2n) is 6.48. The second-order valence-corrected chi connectivity index (χ2v) is 6.48. The molecule has 7 heteroatoms. The summed E-state index contributed by atoms with van der Waals surface area (Å²) in [4.78, 5) is 21.5. The maximum absolute atomic E-state index is 12.2. The van der Waals surface area contributed by atoms with Crippen LogP contribution in [0.1, 0.15) is 35.6 Å². The Balaban J connectivity index is 2.08. The van der Waals surface area contributed by atoms with Gasteiger partial charge in [0.1, 0.15) is 17.4 Å². The van der Waals surface area contributed by atoms with Gasteiger partial charge >= 0.3 is 5.97 Å². The van der Waals surface area contributed by atoms with Crippen LogP contribution >= 0.6 is 0 Å². The molecule has 4 heterocycles. The zero-order chi connectivity index (χ0) is 19.1. The third kappa shape index (κ3) is 2.75. The van der Waals surface area contributed by atoms with Crippen molar-refractivity contribution in [2.75, 3.05) is 18.5 Å². The van der Waals surface area contributed by atoms with Crippen LogP contribution in [0, 0.1) is 13.8 Å². The van der Waals surface area contributed by atoms with Crippen LogP contribution in [0.3, 0.4) is 0 Å². The van der Waals surface area contributed by atoms with Gasteiger partial charge in [-0.25, -0.2) is 4.79 Å². The number of esters is 1. The molecule has 27 heavy (non-hydrogen) atoms. The normalized spacial score (nSPS) is 11.4. The fourth-order valence-corrected chi connectivity index (χ4v) is 3.45. The Labute approximate surface area is 156 Å². The molecule has 0 aliphatic rings. The van der Waals surface area contributed by atoms with Crippen LogP contribution in [0.2, 0.25) is 0 Å². The molecule has 0 spiro atoms. The van der Waals surface area contributed by atoms with E-state index in [1.807, 2.05) is 34.9 Å². The second kappa shape index (κ2) is 6.50. The molecule has 4 aromatic heterocycles. The van der Waals surface area contributed by atoms with Crippen LogP contribution in [0.4, 0.5) is 5.95 Å². The molecule has 0 fully saturated rings. The van der Waals surface area contributed by atoms with Crippen LogP contribution in [0.5, 0.6) is 0 Å². The van der Waals surface area contributed by atoms with Gasteiger partial charge in [0.25, 0.3) is 11.6 Å². The SMILES string of the molecule is CCNc1nc(C(=O)OCC)cc2c[n+]3c4nc(C)cc(C)c4ccc3n12. The third-order valence-electron chi connectivity index (χ3n) is 4.54. The van der Waals surface area contributed by atoms with Gasteiger partial charge in [-0.15, -0.1) is 4.98 Å². The molecule has 0 amide bonds. The number of nitrogens with one attached hydrogen (secondary N) is 1. The molecule has 0 radical (unpaired) electrons. The topological polar surface area (TPSA) is 72.6 Å². The van der Waals surface area contributed by atoms with Crippen molar-refractivity contribution < 1.29 is 13.9 Å². The Bertz CT molecular complexity index is 1200. The van der Waals surface area contributed by atoms with Crippen molar-refractivity contribution in [1.82, 2.24) is 14.4 Å². The summed E-state index contributed by atoms with van der Waals surface area (Å²) in [6, 6.07) is 7.95. The number of ether oxygens (including phenoxy) is 1. The van der Waals surface area contributed by atoms with E-state index in [2.05, 4.69) is 29.4 Å². The Morgan fingerprint density at radius 2 is 2.04 bits per heavy atom. The molecule has 138 valence electrons. The molecule has 0 aliphatic carbocycles. The van der Waals surface area contributed by atoms with Gasteiger partial charge in [-0.05, 0) is 45.4 Å². The number of hydrogen-bond acceptors (Lipinski definition) is 5. The van der Waals surface area contributed by atoms with Gasteiger partial charge in [-0.3, -0.25) is 0 Å². The molecule has 0 atom stereocenters. The number of imidazole rings is 1. The van der Waals surface area contributed by atoms with Gasteiger partial charge in [0.15, 0.2) is 5.69 Å². The van der Waals surface area contributed by atoms with Gasteiger partial charge < -0.3 is 10.1 Å². The van der Waals surface area contributed by atoms with Crippen LogP contribution in [0.25, 0.3) is 22.2 Å². The Morgan fingerprint density at radius 1 is 1.22 bits per heavy atom. The molecule has 0 bridgehead atoms. The molecule has 0 unspecified atom stereocenters. The van der Waals surface area contributed by atoms with Crippen LogP contribution in [0.15, 0.2) is 30.5 Å². The van der Waals surface area contributed by atoms with Crippen molar-refractivity contribution in [1.29, 1.82) is 0 Å². The first-order valence-corrected chi connectivity index (χ1v) is 9.09. The predicted molar refractivity (Wildman–Crippen MR) is 103 cm³/mol. The highest BCUT2D eigenvalue weighted by Gasteiger charge is 2.21. The maximum Gasteiger partial charge on any atom is 0.357 e. The molecule has 4 rings (SSSR count). The van der Waals surface area contributed by atoms with Gasteiger partial charge in [-0.2, -0.15) is 13.8 Å². The number of fused-ring (bicyclic) bond motifs is 5. The molecule has 7 nitrogen and oxygen atoms in total. The summed E-state index contributed by atoms with van der Waals surface area (Å²) in [5.74, 6) is 0.174. The van der Waals surface area contributed by atoms with E-state index in [1.54, 1.807) is 13.0 Å². The molecule has 4 aromatic rings. The molecule has 0 saturated carbocycles. The predicted octanol–water partition coefficient (Wildman–Crippen LogP) is 2.85. The van der Waals surface area contributed by atoms with E-state index >= 15 is 0 Å². The van der Waals surface area contributed by atoms with Crippen LogP contribution in [-0.4, -0.2) is 33.5 Å². The van der Waals surface area contributed by atoms with Gasteiger partial charge in [0.2, 0.25) is 5.65 Å². The largest absolute Gasteiger partial charge is 0.461 e. The van der Waals surface area contributed by atoms with E-state index < -0.39 is 5.97 Å². The highest BCUT2D eigenvalue weighted by molar-refractivity contribution is 5.89. The minimum absolute atomic E-state index is 0.285. The molecule has 1 N–H and O–H groups in total.